The summed E-state index contributed by atoms with van der Waals surface area (Å²) in [6.07, 6.45) is 2.13. The summed E-state index contributed by atoms with van der Waals surface area (Å²) < 4.78 is 34.3. The van der Waals surface area contributed by atoms with Crippen molar-refractivity contribution >= 4 is 27.8 Å². The standard InChI is InChI=1S/C20H30N4O4S/c1-5-14-6-7-16-17(12-14)29(26,27)23-18(22-16)21-13-15-8-10-24(11-9-15)19(25)28-20(2,3)4/h6-7,12,15H,5,8-11,13H2,1-4H3,(H2,21,22,23). The molecule has 0 bridgehead atoms. The van der Waals surface area contributed by atoms with Crippen LogP contribution < -0.4 is 10.6 Å². The number of likely N-dealkylation sites (tertiary alicyclic amines) is 1. The molecular formula is C20H30N4O4S. The van der Waals surface area contributed by atoms with Crippen molar-refractivity contribution in [3.8, 4) is 0 Å². The van der Waals surface area contributed by atoms with E-state index in [-0.39, 0.29) is 16.9 Å². The number of amides is 1. The number of rotatable bonds is 3. The fraction of sp³-hybridized carbons (Fsp3) is 0.600. The summed E-state index contributed by atoms with van der Waals surface area (Å²) in [5, 5.41) is 6.20. The van der Waals surface area contributed by atoms with Crippen molar-refractivity contribution in [3.05, 3.63) is 23.8 Å². The maximum Gasteiger partial charge on any atom is 0.410 e. The summed E-state index contributed by atoms with van der Waals surface area (Å²) in [5.41, 5.74) is 0.997. The van der Waals surface area contributed by atoms with E-state index in [1.54, 1.807) is 17.0 Å². The molecule has 2 heterocycles. The highest BCUT2D eigenvalue weighted by molar-refractivity contribution is 7.90. The van der Waals surface area contributed by atoms with E-state index in [2.05, 4.69) is 15.0 Å². The Morgan fingerprint density at radius 1 is 1.31 bits per heavy atom. The van der Waals surface area contributed by atoms with Gasteiger partial charge in [0.05, 0.1) is 5.69 Å². The van der Waals surface area contributed by atoms with E-state index in [9.17, 15) is 13.2 Å². The number of nitrogens with zero attached hydrogens (tertiary/aromatic N) is 2. The Labute approximate surface area is 172 Å². The molecule has 8 nitrogen and oxygen atoms in total. The summed E-state index contributed by atoms with van der Waals surface area (Å²) in [7, 11) is -3.72. The molecule has 2 N–H and O–H groups in total. The molecule has 1 saturated heterocycles. The van der Waals surface area contributed by atoms with Crippen LogP contribution in [0.3, 0.4) is 0 Å². The molecule has 2 aliphatic rings. The van der Waals surface area contributed by atoms with Crippen LogP contribution in [0.5, 0.6) is 0 Å². The van der Waals surface area contributed by atoms with Gasteiger partial charge in [0, 0.05) is 19.6 Å². The predicted octanol–water partition coefficient (Wildman–Crippen LogP) is 2.96. The molecule has 1 aromatic carbocycles. The number of piperidine rings is 1. The molecule has 1 aromatic rings. The molecule has 0 saturated carbocycles. The predicted molar refractivity (Wildman–Crippen MR) is 113 cm³/mol. The van der Waals surface area contributed by atoms with Crippen LogP contribution in [-0.4, -0.2) is 50.6 Å². The molecule has 29 heavy (non-hydrogen) atoms. The molecule has 9 heteroatoms. The normalized spacial score (nSPS) is 19.0. The maximum absolute atomic E-state index is 12.5. The fourth-order valence-electron chi connectivity index (χ4n) is 3.39. The Morgan fingerprint density at radius 2 is 2.00 bits per heavy atom. The van der Waals surface area contributed by atoms with Crippen molar-refractivity contribution < 1.29 is 17.9 Å². The molecule has 0 unspecified atom stereocenters. The molecule has 1 amide bonds. The van der Waals surface area contributed by atoms with E-state index in [0.717, 1.165) is 24.8 Å². The first kappa shape index (κ1) is 21.4. The summed E-state index contributed by atoms with van der Waals surface area (Å²) in [6.45, 7) is 9.39. The van der Waals surface area contributed by atoms with Gasteiger partial charge in [-0.15, -0.1) is 4.40 Å². The first-order valence-electron chi connectivity index (χ1n) is 10.0. The number of guanidine groups is 1. The second kappa shape index (κ2) is 8.22. The molecule has 1 fully saturated rings. The maximum atomic E-state index is 12.5. The number of fused-ring (bicyclic) bond motifs is 1. The number of nitrogens with one attached hydrogen (secondary N) is 2. The number of ether oxygens (including phenoxy) is 1. The lowest BCUT2D eigenvalue weighted by molar-refractivity contribution is 0.0185. The first-order valence-corrected chi connectivity index (χ1v) is 11.5. The second-order valence-electron chi connectivity index (χ2n) is 8.52. The van der Waals surface area contributed by atoms with Crippen molar-refractivity contribution in [1.82, 2.24) is 10.2 Å². The van der Waals surface area contributed by atoms with Gasteiger partial charge in [0.25, 0.3) is 10.0 Å². The van der Waals surface area contributed by atoms with Gasteiger partial charge >= 0.3 is 6.09 Å². The zero-order chi connectivity index (χ0) is 21.2. The van der Waals surface area contributed by atoms with Gasteiger partial charge in [-0.05, 0) is 63.6 Å². The average Bonchev–Trinajstić information content (AvgIpc) is 2.65. The van der Waals surface area contributed by atoms with Gasteiger partial charge in [0.15, 0.2) is 0 Å². The summed E-state index contributed by atoms with van der Waals surface area (Å²) in [5.74, 6) is 0.570. The van der Waals surface area contributed by atoms with Gasteiger partial charge in [0.2, 0.25) is 5.96 Å². The Hall–Kier alpha value is -2.29. The zero-order valence-electron chi connectivity index (χ0n) is 17.5. The number of anilines is 1. The van der Waals surface area contributed by atoms with Gasteiger partial charge in [-0.25, -0.2) is 4.79 Å². The van der Waals surface area contributed by atoms with Gasteiger partial charge in [-0.2, -0.15) is 8.42 Å². The summed E-state index contributed by atoms with van der Waals surface area (Å²) >= 11 is 0. The third-order valence-corrected chi connectivity index (χ3v) is 6.34. The highest BCUT2D eigenvalue weighted by atomic mass is 32.2. The van der Waals surface area contributed by atoms with Crippen LogP contribution in [0.1, 0.15) is 46.1 Å². The van der Waals surface area contributed by atoms with Crippen LogP contribution in [0.15, 0.2) is 27.5 Å². The van der Waals surface area contributed by atoms with Crippen molar-refractivity contribution in [2.75, 3.05) is 25.0 Å². The van der Waals surface area contributed by atoms with E-state index in [1.165, 1.54) is 0 Å². The minimum atomic E-state index is -3.72. The average molecular weight is 423 g/mol. The van der Waals surface area contributed by atoms with Gasteiger partial charge in [-0.1, -0.05) is 13.0 Å². The van der Waals surface area contributed by atoms with E-state index >= 15 is 0 Å². The highest BCUT2D eigenvalue weighted by Crippen LogP contribution is 2.28. The largest absolute Gasteiger partial charge is 0.444 e. The van der Waals surface area contributed by atoms with E-state index < -0.39 is 15.6 Å². The van der Waals surface area contributed by atoms with Gasteiger partial charge in [0.1, 0.15) is 10.5 Å². The fourth-order valence-corrected chi connectivity index (χ4v) is 4.53. The lowest BCUT2D eigenvalue weighted by Crippen LogP contribution is -2.44. The number of hydrogen-bond acceptors (Lipinski definition) is 6. The van der Waals surface area contributed by atoms with Crippen LogP contribution >= 0.6 is 0 Å². The van der Waals surface area contributed by atoms with Crippen LogP contribution in [0.4, 0.5) is 10.5 Å². The molecule has 0 atom stereocenters. The third-order valence-electron chi connectivity index (χ3n) is 5.02. The molecule has 2 aliphatic heterocycles. The topological polar surface area (TPSA) is 100 Å². The third kappa shape index (κ3) is 5.41. The first-order chi connectivity index (χ1) is 13.6. The Bertz CT molecular complexity index is 898. The van der Waals surface area contributed by atoms with E-state index in [4.69, 9.17) is 4.74 Å². The van der Waals surface area contributed by atoms with Crippen molar-refractivity contribution in [2.24, 2.45) is 10.3 Å². The highest BCUT2D eigenvalue weighted by Gasteiger charge is 2.28. The monoisotopic (exact) mass is 422 g/mol. The van der Waals surface area contributed by atoms with Crippen LogP contribution in [0.25, 0.3) is 0 Å². The number of benzene rings is 1. The molecule has 160 valence electrons. The number of carbonyl (C=O) groups excluding carboxylic acids is 1. The lowest BCUT2D eigenvalue weighted by Gasteiger charge is -2.33. The van der Waals surface area contributed by atoms with Gasteiger partial charge < -0.3 is 20.3 Å². The Morgan fingerprint density at radius 3 is 2.62 bits per heavy atom. The summed E-state index contributed by atoms with van der Waals surface area (Å²) in [6, 6.07) is 5.36. The number of hydrogen-bond donors (Lipinski definition) is 2. The number of aryl methyl sites for hydroxylation is 1. The molecule has 3 rings (SSSR count). The molecular weight excluding hydrogens is 392 g/mol. The smallest absolute Gasteiger partial charge is 0.410 e. The van der Waals surface area contributed by atoms with Gasteiger partial charge in [-0.3, -0.25) is 0 Å². The number of carbonyl (C=O) groups is 1. The SMILES string of the molecule is CCc1ccc2c(c1)S(=O)(=O)N=C(NCC1CCN(C(=O)OC(C)(C)C)CC1)N2. The summed E-state index contributed by atoms with van der Waals surface area (Å²) in [4.78, 5) is 14.1. The quantitative estimate of drug-likeness (QED) is 0.777. The van der Waals surface area contributed by atoms with Crippen molar-refractivity contribution in [2.45, 2.75) is 57.5 Å². The Kier molecular flexibility index (Phi) is 6.07. The molecule has 0 aromatic heterocycles. The number of sulfonamides is 1. The van der Waals surface area contributed by atoms with Crippen LogP contribution in [0.2, 0.25) is 0 Å². The van der Waals surface area contributed by atoms with Crippen molar-refractivity contribution in [3.63, 3.8) is 0 Å². The lowest BCUT2D eigenvalue weighted by atomic mass is 9.97. The Balaban J connectivity index is 1.54. The van der Waals surface area contributed by atoms with E-state index in [1.807, 2.05) is 33.8 Å². The zero-order valence-corrected chi connectivity index (χ0v) is 18.3. The van der Waals surface area contributed by atoms with Crippen molar-refractivity contribution in [1.29, 1.82) is 0 Å². The molecule has 0 spiro atoms. The second-order valence-corrected chi connectivity index (χ2v) is 10.1. The minimum Gasteiger partial charge on any atom is -0.444 e. The van der Waals surface area contributed by atoms with Crippen LogP contribution in [-0.2, 0) is 21.2 Å². The minimum absolute atomic E-state index is 0.216. The van der Waals surface area contributed by atoms with Crippen LogP contribution in [0, 0.1) is 5.92 Å². The molecule has 0 radical (unpaired) electrons. The van der Waals surface area contributed by atoms with E-state index in [0.29, 0.717) is 31.2 Å². The molecule has 0 aliphatic carbocycles.